The van der Waals surface area contributed by atoms with Crippen molar-refractivity contribution in [3.63, 3.8) is 0 Å². The van der Waals surface area contributed by atoms with E-state index >= 15 is 0 Å². The zero-order chi connectivity index (χ0) is 13.8. The highest BCUT2D eigenvalue weighted by molar-refractivity contribution is 5.79. The molecule has 0 radical (unpaired) electrons. The minimum absolute atomic E-state index is 0.00806. The molecule has 4 nitrogen and oxygen atoms in total. The SMILES string of the molecule is CCOC1CC(N)C1NC(=O)Cc1ccc(C)cc1. The molecule has 0 aromatic heterocycles. The van der Waals surface area contributed by atoms with E-state index in [2.05, 4.69) is 5.32 Å². The molecule has 104 valence electrons. The van der Waals surface area contributed by atoms with Crippen molar-refractivity contribution in [2.45, 2.75) is 44.9 Å². The lowest BCUT2D eigenvalue weighted by atomic mass is 9.83. The predicted octanol–water partition coefficient (Wildman–Crippen LogP) is 1.16. The highest BCUT2D eigenvalue weighted by Crippen LogP contribution is 2.22. The van der Waals surface area contributed by atoms with E-state index in [0.717, 1.165) is 12.0 Å². The van der Waals surface area contributed by atoms with E-state index in [4.69, 9.17) is 10.5 Å². The maximum Gasteiger partial charge on any atom is 0.224 e. The standard InChI is InChI=1S/C15H22N2O2/c1-3-19-13-9-12(16)15(13)17-14(18)8-11-6-4-10(2)5-7-11/h4-7,12-13,15H,3,8-9,16H2,1-2H3,(H,17,18). The number of carbonyl (C=O) groups is 1. The van der Waals surface area contributed by atoms with Crippen molar-refractivity contribution in [2.24, 2.45) is 5.73 Å². The van der Waals surface area contributed by atoms with E-state index in [1.54, 1.807) is 0 Å². The minimum atomic E-state index is -0.0436. The van der Waals surface area contributed by atoms with Crippen molar-refractivity contribution < 1.29 is 9.53 Å². The molecule has 0 bridgehead atoms. The lowest BCUT2D eigenvalue weighted by Gasteiger charge is -2.42. The molecular formula is C15H22N2O2. The number of rotatable bonds is 5. The van der Waals surface area contributed by atoms with Gasteiger partial charge in [0.25, 0.3) is 0 Å². The van der Waals surface area contributed by atoms with Crippen molar-refractivity contribution in [3.05, 3.63) is 35.4 Å². The summed E-state index contributed by atoms with van der Waals surface area (Å²) in [5.41, 5.74) is 8.12. The topological polar surface area (TPSA) is 64.3 Å². The van der Waals surface area contributed by atoms with Crippen LogP contribution in [0.5, 0.6) is 0 Å². The van der Waals surface area contributed by atoms with Crippen LogP contribution in [0.15, 0.2) is 24.3 Å². The number of ether oxygens (including phenoxy) is 1. The Bertz CT molecular complexity index is 428. The Kier molecular flexibility index (Phi) is 4.56. The number of amides is 1. The molecule has 3 N–H and O–H groups in total. The smallest absolute Gasteiger partial charge is 0.224 e. The van der Waals surface area contributed by atoms with E-state index in [1.807, 2.05) is 38.1 Å². The largest absolute Gasteiger partial charge is 0.376 e. The van der Waals surface area contributed by atoms with Crippen molar-refractivity contribution in [2.75, 3.05) is 6.61 Å². The van der Waals surface area contributed by atoms with Crippen LogP contribution in [0.25, 0.3) is 0 Å². The fourth-order valence-electron chi connectivity index (χ4n) is 2.36. The monoisotopic (exact) mass is 262 g/mol. The highest BCUT2D eigenvalue weighted by atomic mass is 16.5. The van der Waals surface area contributed by atoms with E-state index in [9.17, 15) is 4.79 Å². The Hall–Kier alpha value is -1.39. The molecule has 1 aliphatic rings. The minimum Gasteiger partial charge on any atom is -0.376 e. The first-order chi connectivity index (χ1) is 9.10. The zero-order valence-corrected chi connectivity index (χ0v) is 11.6. The first-order valence-corrected chi connectivity index (χ1v) is 6.82. The van der Waals surface area contributed by atoms with Gasteiger partial charge in [0, 0.05) is 12.6 Å². The third-order valence-electron chi connectivity index (χ3n) is 3.56. The lowest BCUT2D eigenvalue weighted by Crippen LogP contribution is -2.64. The quantitative estimate of drug-likeness (QED) is 0.837. The Labute approximate surface area is 114 Å². The van der Waals surface area contributed by atoms with E-state index in [-0.39, 0.29) is 24.1 Å². The third-order valence-corrected chi connectivity index (χ3v) is 3.56. The molecule has 1 aromatic rings. The molecule has 1 saturated carbocycles. The summed E-state index contributed by atoms with van der Waals surface area (Å²) in [6.45, 7) is 4.64. The lowest BCUT2D eigenvalue weighted by molar-refractivity contribution is -0.125. The van der Waals surface area contributed by atoms with Crippen LogP contribution in [0, 0.1) is 6.92 Å². The molecule has 2 rings (SSSR count). The van der Waals surface area contributed by atoms with Crippen LogP contribution in [0.1, 0.15) is 24.5 Å². The first-order valence-electron chi connectivity index (χ1n) is 6.82. The number of nitrogens with two attached hydrogens (primary N) is 1. The molecule has 0 heterocycles. The molecule has 1 fully saturated rings. The number of hydrogen-bond acceptors (Lipinski definition) is 3. The van der Waals surface area contributed by atoms with Gasteiger partial charge < -0.3 is 15.8 Å². The van der Waals surface area contributed by atoms with E-state index in [0.29, 0.717) is 13.0 Å². The molecule has 19 heavy (non-hydrogen) atoms. The molecule has 1 amide bonds. The molecule has 1 aromatic carbocycles. The third kappa shape index (κ3) is 3.55. The molecular weight excluding hydrogens is 240 g/mol. The fraction of sp³-hybridized carbons (Fsp3) is 0.533. The van der Waals surface area contributed by atoms with Crippen LogP contribution in [-0.4, -0.2) is 30.7 Å². The fourth-order valence-corrected chi connectivity index (χ4v) is 2.36. The molecule has 3 atom stereocenters. The zero-order valence-electron chi connectivity index (χ0n) is 11.6. The maximum absolute atomic E-state index is 12.0. The second-order valence-corrected chi connectivity index (χ2v) is 5.15. The van der Waals surface area contributed by atoms with Gasteiger partial charge in [0.1, 0.15) is 0 Å². The van der Waals surface area contributed by atoms with Gasteiger partial charge in [-0.3, -0.25) is 4.79 Å². The van der Waals surface area contributed by atoms with E-state index in [1.165, 1.54) is 5.56 Å². The Morgan fingerprint density at radius 2 is 2.11 bits per heavy atom. The number of nitrogens with one attached hydrogen (secondary N) is 1. The van der Waals surface area contributed by atoms with E-state index < -0.39 is 0 Å². The average Bonchev–Trinajstić information content (AvgIpc) is 2.39. The summed E-state index contributed by atoms with van der Waals surface area (Å²) >= 11 is 0. The summed E-state index contributed by atoms with van der Waals surface area (Å²) in [4.78, 5) is 12.0. The van der Waals surface area contributed by atoms with Crippen molar-refractivity contribution in [3.8, 4) is 0 Å². The van der Waals surface area contributed by atoms with Crippen LogP contribution in [-0.2, 0) is 16.0 Å². The van der Waals surface area contributed by atoms with Gasteiger partial charge in [-0.25, -0.2) is 0 Å². The molecule has 0 aliphatic heterocycles. The summed E-state index contributed by atoms with van der Waals surface area (Å²) in [6, 6.07) is 7.96. The predicted molar refractivity (Wildman–Crippen MR) is 74.8 cm³/mol. The van der Waals surface area contributed by atoms with Gasteiger partial charge in [-0.1, -0.05) is 29.8 Å². The van der Waals surface area contributed by atoms with Crippen LogP contribution >= 0.6 is 0 Å². The number of carbonyl (C=O) groups excluding carboxylic acids is 1. The van der Waals surface area contributed by atoms with Crippen LogP contribution in [0.4, 0.5) is 0 Å². The molecule has 1 aliphatic carbocycles. The summed E-state index contributed by atoms with van der Waals surface area (Å²) in [6.07, 6.45) is 1.29. The molecule has 4 heteroatoms. The average molecular weight is 262 g/mol. The van der Waals surface area contributed by atoms with Gasteiger partial charge >= 0.3 is 0 Å². The molecule has 3 unspecified atom stereocenters. The summed E-state index contributed by atoms with van der Waals surface area (Å²) < 4.78 is 5.53. The van der Waals surface area contributed by atoms with Gasteiger partial charge in [0.15, 0.2) is 0 Å². The second-order valence-electron chi connectivity index (χ2n) is 5.15. The van der Waals surface area contributed by atoms with Gasteiger partial charge in [-0.15, -0.1) is 0 Å². The molecule has 0 spiro atoms. The van der Waals surface area contributed by atoms with Crippen LogP contribution in [0.2, 0.25) is 0 Å². The van der Waals surface area contributed by atoms with Gasteiger partial charge in [-0.05, 0) is 25.8 Å². The first kappa shape index (κ1) is 14.0. The molecule has 0 saturated heterocycles. The highest BCUT2D eigenvalue weighted by Gasteiger charge is 2.40. The summed E-state index contributed by atoms with van der Waals surface area (Å²) in [5, 5.41) is 2.98. The summed E-state index contributed by atoms with van der Waals surface area (Å²) in [7, 11) is 0. The number of aryl methyl sites for hydroxylation is 1. The Morgan fingerprint density at radius 1 is 1.42 bits per heavy atom. The van der Waals surface area contributed by atoms with Crippen molar-refractivity contribution in [1.82, 2.24) is 5.32 Å². The van der Waals surface area contributed by atoms with Gasteiger partial charge in [0.05, 0.1) is 18.6 Å². The van der Waals surface area contributed by atoms with Crippen molar-refractivity contribution >= 4 is 5.91 Å². The van der Waals surface area contributed by atoms with Gasteiger partial charge in [-0.2, -0.15) is 0 Å². The van der Waals surface area contributed by atoms with Gasteiger partial charge in [0.2, 0.25) is 5.91 Å². The van der Waals surface area contributed by atoms with Crippen LogP contribution < -0.4 is 11.1 Å². The number of benzene rings is 1. The number of hydrogen-bond donors (Lipinski definition) is 2. The maximum atomic E-state index is 12.0. The Balaban J connectivity index is 1.85. The van der Waals surface area contributed by atoms with Crippen LogP contribution in [0.3, 0.4) is 0 Å². The second kappa shape index (κ2) is 6.17. The Morgan fingerprint density at radius 3 is 2.68 bits per heavy atom. The summed E-state index contributed by atoms with van der Waals surface area (Å²) in [5.74, 6) is 0.00806. The van der Waals surface area contributed by atoms with Crippen molar-refractivity contribution in [1.29, 1.82) is 0 Å². The normalized spacial score (nSPS) is 25.7.